The monoisotopic (exact) mass is 292 g/mol. The van der Waals surface area contributed by atoms with Gasteiger partial charge in [-0.3, -0.25) is 4.21 Å². The number of carbonyl (C=O) groups excluding carboxylic acids is 1. The molecule has 1 saturated heterocycles. The van der Waals surface area contributed by atoms with Gasteiger partial charge in [0, 0.05) is 28.8 Å². The summed E-state index contributed by atoms with van der Waals surface area (Å²) in [5, 5.41) is 0. The minimum Gasteiger partial charge on any atom is -0.444 e. The number of rotatable bonds is 2. The number of ether oxygens (including phenoxy) is 2. The van der Waals surface area contributed by atoms with E-state index in [9.17, 15) is 9.00 Å². The third kappa shape index (κ3) is 6.77. The molecule has 0 unspecified atom stereocenters. The van der Waals surface area contributed by atoms with Crippen molar-refractivity contribution in [2.75, 3.05) is 38.8 Å². The first kappa shape index (κ1) is 16.2. The van der Waals surface area contributed by atoms with E-state index in [0.717, 1.165) is 0 Å². The highest BCUT2D eigenvalue weighted by Crippen LogP contribution is 2.13. The summed E-state index contributed by atoms with van der Waals surface area (Å²) in [6, 6.07) is 0. The molecule has 0 aromatic carbocycles. The minimum atomic E-state index is -2.13. The molecular formula is C12H24N2O4S. The number of amides is 1. The Kier molecular flexibility index (Phi) is 5.20. The summed E-state index contributed by atoms with van der Waals surface area (Å²) in [6.07, 6.45) is 2.62. The number of morpholine rings is 1. The molecule has 1 rings (SSSR count). The number of carbonyl (C=O) groups is 1. The van der Waals surface area contributed by atoms with Crippen LogP contribution in [0.1, 0.15) is 20.8 Å². The van der Waals surface area contributed by atoms with Gasteiger partial charge in [-0.2, -0.15) is 0 Å². The highest BCUT2D eigenvalue weighted by Gasteiger charge is 2.27. The molecule has 1 heterocycles. The van der Waals surface area contributed by atoms with Crippen molar-refractivity contribution < 1.29 is 18.5 Å². The van der Waals surface area contributed by atoms with E-state index in [4.69, 9.17) is 9.47 Å². The maximum absolute atomic E-state index is 11.9. The number of nitrogens with zero attached hydrogens (tertiary/aromatic N) is 2. The number of hydrogen-bond donors (Lipinski definition) is 0. The van der Waals surface area contributed by atoms with Crippen molar-refractivity contribution >= 4 is 15.8 Å². The summed E-state index contributed by atoms with van der Waals surface area (Å²) in [5.41, 5.74) is -0.504. The van der Waals surface area contributed by atoms with Crippen LogP contribution in [0.25, 0.3) is 0 Å². The van der Waals surface area contributed by atoms with E-state index in [-0.39, 0.29) is 12.2 Å². The van der Waals surface area contributed by atoms with Gasteiger partial charge in [0.25, 0.3) is 0 Å². The molecule has 0 aliphatic carbocycles. The Balaban J connectivity index is 2.55. The summed E-state index contributed by atoms with van der Waals surface area (Å²) >= 11 is 0. The Hall–Kier alpha value is -0.820. The molecule has 1 fully saturated rings. The fraction of sp³-hybridized carbons (Fsp3) is 0.917. The molecule has 0 bridgehead atoms. The highest BCUT2D eigenvalue weighted by atomic mass is 32.2. The van der Waals surface area contributed by atoms with E-state index in [1.807, 2.05) is 20.8 Å². The molecule has 1 amide bonds. The van der Waals surface area contributed by atoms with E-state index < -0.39 is 15.3 Å². The predicted molar refractivity (Wildman–Crippen MR) is 74.8 cm³/mol. The van der Waals surface area contributed by atoms with E-state index in [1.165, 1.54) is 0 Å². The Bertz CT molecular complexity index is 428. The van der Waals surface area contributed by atoms with Gasteiger partial charge in [0.05, 0.1) is 25.8 Å². The van der Waals surface area contributed by atoms with Gasteiger partial charge in [0.1, 0.15) is 5.60 Å². The first-order valence-corrected chi connectivity index (χ1v) is 8.62. The SMILES string of the molecule is CC(C)(C)OC(=O)N1CCO[C@H](CN=S(C)(C)=O)C1. The summed E-state index contributed by atoms with van der Waals surface area (Å²) < 4.78 is 26.4. The van der Waals surface area contributed by atoms with Crippen LogP contribution < -0.4 is 0 Å². The second-order valence-corrected chi connectivity index (χ2v) is 8.53. The van der Waals surface area contributed by atoms with Crippen LogP contribution in [0.4, 0.5) is 4.79 Å². The predicted octanol–water partition coefficient (Wildman–Crippen LogP) is 1.35. The Morgan fingerprint density at radius 2 is 2.11 bits per heavy atom. The normalized spacial score (nSPS) is 21.1. The lowest BCUT2D eigenvalue weighted by atomic mass is 10.2. The van der Waals surface area contributed by atoms with Gasteiger partial charge in [-0.05, 0) is 20.8 Å². The molecule has 0 radical (unpaired) electrons. The van der Waals surface area contributed by atoms with Crippen LogP contribution in [0.2, 0.25) is 0 Å². The van der Waals surface area contributed by atoms with Crippen LogP contribution in [0.5, 0.6) is 0 Å². The molecule has 19 heavy (non-hydrogen) atoms. The lowest BCUT2D eigenvalue weighted by molar-refractivity contribution is -0.0381. The van der Waals surface area contributed by atoms with Gasteiger partial charge in [-0.15, -0.1) is 0 Å². The molecular weight excluding hydrogens is 268 g/mol. The molecule has 112 valence electrons. The van der Waals surface area contributed by atoms with E-state index >= 15 is 0 Å². The average molecular weight is 292 g/mol. The van der Waals surface area contributed by atoms with Crippen molar-refractivity contribution in [3.63, 3.8) is 0 Å². The van der Waals surface area contributed by atoms with E-state index in [1.54, 1.807) is 17.4 Å². The summed E-state index contributed by atoms with van der Waals surface area (Å²) in [6.45, 7) is 7.23. The molecule has 6 nitrogen and oxygen atoms in total. The summed E-state index contributed by atoms with van der Waals surface area (Å²) in [4.78, 5) is 13.5. The van der Waals surface area contributed by atoms with Gasteiger partial charge >= 0.3 is 6.09 Å². The van der Waals surface area contributed by atoms with Crippen LogP contribution in [0, 0.1) is 0 Å². The first-order chi connectivity index (χ1) is 8.57. The maximum Gasteiger partial charge on any atom is 0.410 e. The van der Waals surface area contributed by atoms with Crippen molar-refractivity contribution in [1.82, 2.24) is 4.90 Å². The Labute approximate surface area is 115 Å². The van der Waals surface area contributed by atoms with Crippen molar-refractivity contribution in [1.29, 1.82) is 0 Å². The molecule has 0 aromatic rings. The third-order valence-corrected chi connectivity index (χ3v) is 3.15. The molecule has 0 aromatic heterocycles. The lowest BCUT2D eigenvalue weighted by Crippen LogP contribution is -2.48. The lowest BCUT2D eigenvalue weighted by Gasteiger charge is -2.33. The topological polar surface area (TPSA) is 68.2 Å². The molecule has 1 atom stereocenters. The average Bonchev–Trinajstić information content (AvgIpc) is 2.23. The van der Waals surface area contributed by atoms with Crippen LogP contribution >= 0.6 is 0 Å². The van der Waals surface area contributed by atoms with Crippen molar-refractivity contribution in [3.05, 3.63) is 0 Å². The molecule has 1 aliphatic rings. The molecule has 0 spiro atoms. The second-order valence-electron chi connectivity index (χ2n) is 5.91. The van der Waals surface area contributed by atoms with Crippen molar-refractivity contribution in [2.45, 2.75) is 32.5 Å². The van der Waals surface area contributed by atoms with Crippen LogP contribution in [-0.4, -0.2) is 65.7 Å². The second kappa shape index (κ2) is 6.09. The molecule has 0 saturated carbocycles. The first-order valence-electron chi connectivity index (χ1n) is 6.29. The standard InChI is InChI=1S/C12H24N2O4S/c1-12(2,3)18-11(15)14-6-7-17-10(9-14)8-13-19(4,5)16/h10H,6-9H2,1-5H3/t10-/m1/s1. The smallest absolute Gasteiger partial charge is 0.410 e. The zero-order valence-corrected chi connectivity index (χ0v) is 13.2. The van der Waals surface area contributed by atoms with Crippen LogP contribution in [0.15, 0.2) is 4.36 Å². The quantitative estimate of drug-likeness (QED) is 0.770. The number of hydrogen-bond acceptors (Lipinski definition) is 5. The van der Waals surface area contributed by atoms with Crippen LogP contribution in [0.3, 0.4) is 0 Å². The summed E-state index contributed by atoms with van der Waals surface area (Å²) in [7, 11) is -2.13. The Morgan fingerprint density at radius 3 is 2.63 bits per heavy atom. The molecule has 7 heteroatoms. The van der Waals surface area contributed by atoms with E-state index in [0.29, 0.717) is 26.2 Å². The van der Waals surface area contributed by atoms with Crippen molar-refractivity contribution in [3.8, 4) is 0 Å². The zero-order valence-electron chi connectivity index (χ0n) is 12.3. The van der Waals surface area contributed by atoms with Gasteiger partial charge in [0.15, 0.2) is 0 Å². The summed E-state index contributed by atoms with van der Waals surface area (Å²) in [5.74, 6) is 0. The maximum atomic E-state index is 11.9. The minimum absolute atomic E-state index is 0.206. The van der Waals surface area contributed by atoms with Gasteiger partial charge in [0.2, 0.25) is 0 Å². The van der Waals surface area contributed by atoms with Crippen molar-refractivity contribution in [2.24, 2.45) is 4.36 Å². The highest BCUT2D eigenvalue weighted by molar-refractivity contribution is 7.92. The van der Waals surface area contributed by atoms with Gasteiger partial charge < -0.3 is 14.4 Å². The van der Waals surface area contributed by atoms with Gasteiger partial charge in [-0.1, -0.05) is 0 Å². The third-order valence-electron chi connectivity index (χ3n) is 2.38. The fourth-order valence-corrected chi connectivity index (χ4v) is 2.11. The van der Waals surface area contributed by atoms with Crippen LogP contribution in [-0.2, 0) is 19.2 Å². The largest absolute Gasteiger partial charge is 0.444 e. The molecule has 1 aliphatic heterocycles. The van der Waals surface area contributed by atoms with Gasteiger partial charge in [-0.25, -0.2) is 9.16 Å². The van der Waals surface area contributed by atoms with E-state index in [2.05, 4.69) is 4.36 Å². The zero-order chi connectivity index (χ0) is 14.7. The Morgan fingerprint density at radius 1 is 1.47 bits per heavy atom. The molecule has 0 N–H and O–H groups in total. The fourth-order valence-electron chi connectivity index (χ4n) is 1.58.